The summed E-state index contributed by atoms with van der Waals surface area (Å²) in [6.45, 7) is 0. The van der Waals surface area contributed by atoms with Crippen LogP contribution < -0.4 is 0 Å². The Balaban J connectivity index is 1.23. The highest BCUT2D eigenvalue weighted by Crippen LogP contribution is 2.41. The number of furan rings is 1. The van der Waals surface area contributed by atoms with Crippen molar-refractivity contribution < 1.29 is 4.42 Å². The molecule has 2 heterocycles. The minimum absolute atomic E-state index is 0.621. The number of hydrogen-bond acceptors (Lipinski definition) is 3. The molecule has 0 saturated carbocycles. The van der Waals surface area contributed by atoms with E-state index in [9.17, 15) is 10.5 Å². The zero-order chi connectivity index (χ0) is 28.7. The Morgan fingerprint density at radius 2 is 1.16 bits per heavy atom. The maximum Gasteiger partial charge on any atom is 0.135 e. The summed E-state index contributed by atoms with van der Waals surface area (Å²) in [5.41, 5.74) is 13.4. The van der Waals surface area contributed by atoms with E-state index in [-0.39, 0.29) is 0 Å². The van der Waals surface area contributed by atoms with E-state index >= 15 is 0 Å². The van der Waals surface area contributed by atoms with Crippen LogP contribution in [0.2, 0.25) is 0 Å². The summed E-state index contributed by atoms with van der Waals surface area (Å²) in [6, 6.07) is 44.3. The van der Waals surface area contributed by atoms with Crippen molar-refractivity contribution in [1.29, 1.82) is 10.5 Å². The largest absolute Gasteiger partial charge is 0.456 e. The SMILES string of the molecule is N#Cc1ccc2c(c1)-c1cc(-n3c4ccccc4c4cc(-c5ccc6oc7ccc(C#N)cc7c6c5)ccc43)ccc1C2. The summed E-state index contributed by atoms with van der Waals surface area (Å²) in [5, 5.41) is 23.3. The highest BCUT2D eigenvalue weighted by molar-refractivity contribution is 6.11. The van der Waals surface area contributed by atoms with Crippen LogP contribution in [0.4, 0.5) is 0 Å². The van der Waals surface area contributed by atoms with Crippen molar-refractivity contribution in [3.05, 3.63) is 138 Å². The fourth-order valence-corrected chi connectivity index (χ4v) is 6.82. The Hall–Kier alpha value is -6.10. The number of para-hydroxylation sites is 1. The van der Waals surface area contributed by atoms with Crippen molar-refractivity contribution >= 4 is 43.7 Å². The second kappa shape index (κ2) is 8.70. The van der Waals surface area contributed by atoms with E-state index in [0.29, 0.717) is 11.1 Å². The number of aromatic nitrogens is 1. The maximum atomic E-state index is 9.50. The molecule has 0 saturated heterocycles. The molecule has 0 spiro atoms. The molecule has 0 bridgehead atoms. The van der Waals surface area contributed by atoms with Crippen LogP contribution in [0.15, 0.2) is 120 Å². The number of nitriles is 2. The molecule has 1 aliphatic rings. The third-order valence-corrected chi connectivity index (χ3v) is 8.87. The molecule has 0 aliphatic heterocycles. The van der Waals surface area contributed by atoms with Crippen molar-refractivity contribution in [3.63, 3.8) is 0 Å². The number of rotatable bonds is 2. The standard InChI is InChI=1S/C39H21N3O/c40-21-23-5-7-27-17-28-8-11-29(20-32(28)31(27)15-23)42-36-4-2-1-3-30(36)33-18-25(9-12-37(33)42)26-10-14-39-35(19-26)34-16-24(22-41)6-13-38(34)43-39/h1-16,18-20H,17H2. The van der Waals surface area contributed by atoms with Crippen LogP contribution in [0.5, 0.6) is 0 Å². The predicted molar refractivity (Wildman–Crippen MR) is 171 cm³/mol. The number of benzene rings is 6. The number of nitrogens with zero attached hydrogens (tertiary/aromatic N) is 3. The van der Waals surface area contributed by atoms with Crippen molar-refractivity contribution in [2.45, 2.75) is 6.42 Å². The lowest BCUT2D eigenvalue weighted by Gasteiger charge is -2.11. The minimum atomic E-state index is 0.621. The first-order chi connectivity index (χ1) is 21.2. The van der Waals surface area contributed by atoms with E-state index in [1.165, 1.54) is 27.5 Å². The quantitative estimate of drug-likeness (QED) is 0.216. The lowest BCUT2D eigenvalue weighted by atomic mass is 10.0. The van der Waals surface area contributed by atoms with Crippen molar-refractivity contribution in [2.24, 2.45) is 0 Å². The third kappa shape index (κ3) is 3.42. The average molecular weight is 548 g/mol. The number of fused-ring (bicyclic) bond motifs is 9. The van der Waals surface area contributed by atoms with Gasteiger partial charge in [-0.2, -0.15) is 10.5 Å². The summed E-state index contributed by atoms with van der Waals surface area (Å²) >= 11 is 0. The van der Waals surface area contributed by atoms with Gasteiger partial charge in [0.25, 0.3) is 0 Å². The van der Waals surface area contributed by atoms with Gasteiger partial charge in [0, 0.05) is 27.2 Å². The van der Waals surface area contributed by atoms with Gasteiger partial charge in [-0.15, -0.1) is 0 Å². The van der Waals surface area contributed by atoms with Crippen molar-refractivity contribution in [1.82, 2.24) is 4.57 Å². The molecule has 0 unspecified atom stereocenters. The molecule has 4 nitrogen and oxygen atoms in total. The summed E-state index contributed by atoms with van der Waals surface area (Å²) in [7, 11) is 0. The zero-order valence-corrected chi connectivity index (χ0v) is 22.9. The van der Waals surface area contributed by atoms with Gasteiger partial charge >= 0.3 is 0 Å². The van der Waals surface area contributed by atoms with Crippen LogP contribution in [0.1, 0.15) is 22.3 Å². The van der Waals surface area contributed by atoms with Gasteiger partial charge in [-0.05, 0) is 113 Å². The molecule has 0 radical (unpaired) electrons. The molecular weight excluding hydrogens is 526 g/mol. The Kier molecular flexibility index (Phi) is 4.77. The van der Waals surface area contributed by atoms with Gasteiger partial charge in [0.15, 0.2) is 0 Å². The first-order valence-corrected chi connectivity index (χ1v) is 14.3. The van der Waals surface area contributed by atoms with Gasteiger partial charge in [-0.3, -0.25) is 0 Å². The molecule has 9 rings (SSSR count). The molecule has 0 N–H and O–H groups in total. The van der Waals surface area contributed by atoms with E-state index in [0.717, 1.165) is 61.8 Å². The highest BCUT2D eigenvalue weighted by atomic mass is 16.3. The van der Waals surface area contributed by atoms with Gasteiger partial charge in [-0.25, -0.2) is 0 Å². The molecule has 2 aromatic heterocycles. The number of hydrogen-bond donors (Lipinski definition) is 0. The van der Waals surface area contributed by atoms with Crippen LogP contribution >= 0.6 is 0 Å². The second-order valence-corrected chi connectivity index (χ2v) is 11.2. The molecule has 1 aliphatic carbocycles. The van der Waals surface area contributed by atoms with Gasteiger partial charge in [-0.1, -0.05) is 42.5 Å². The van der Waals surface area contributed by atoms with E-state index in [1.54, 1.807) is 6.07 Å². The monoisotopic (exact) mass is 547 g/mol. The smallest absolute Gasteiger partial charge is 0.135 e. The molecule has 43 heavy (non-hydrogen) atoms. The van der Waals surface area contributed by atoms with Gasteiger partial charge in [0.2, 0.25) is 0 Å². The first kappa shape index (κ1) is 23.6. The van der Waals surface area contributed by atoms with Crippen LogP contribution in [-0.2, 0) is 6.42 Å². The van der Waals surface area contributed by atoms with Gasteiger partial charge in [0.05, 0.1) is 34.3 Å². The molecule has 0 amide bonds. The summed E-state index contributed by atoms with van der Waals surface area (Å²) < 4.78 is 8.41. The van der Waals surface area contributed by atoms with E-state index < -0.39 is 0 Å². The minimum Gasteiger partial charge on any atom is -0.456 e. The van der Waals surface area contributed by atoms with Crippen LogP contribution in [-0.4, -0.2) is 4.57 Å². The Morgan fingerprint density at radius 3 is 2.00 bits per heavy atom. The molecule has 0 atom stereocenters. The Labute approximate surface area is 246 Å². The van der Waals surface area contributed by atoms with E-state index in [4.69, 9.17) is 4.42 Å². The Morgan fingerprint density at radius 1 is 0.535 bits per heavy atom. The average Bonchev–Trinajstić information content (AvgIpc) is 3.72. The Bertz CT molecular complexity index is 2570. The first-order valence-electron chi connectivity index (χ1n) is 14.3. The fourth-order valence-electron chi connectivity index (χ4n) is 6.82. The molecule has 8 aromatic rings. The van der Waals surface area contributed by atoms with E-state index in [2.05, 4.69) is 95.6 Å². The molecule has 0 fully saturated rings. The van der Waals surface area contributed by atoms with Gasteiger partial charge < -0.3 is 8.98 Å². The second-order valence-electron chi connectivity index (χ2n) is 11.2. The maximum absolute atomic E-state index is 9.50. The van der Waals surface area contributed by atoms with E-state index in [1.807, 2.05) is 30.3 Å². The topological polar surface area (TPSA) is 65.7 Å². The van der Waals surface area contributed by atoms with Crippen molar-refractivity contribution in [2.75, 3.05) is 0 Å². The zero-order valence-electron chi connectivity index (χ0n) is 22.9. The van der Waals surface area contributed by atoms with Crippen LogP contribution in [0.25, 0.3) is 71.7 Å². The summed E-state index contributed by atoms with van der Waals surface area (Å²) in [4.78, 5) is 0. The van der Waals surface area contributed by atoms with Crippen LogP contribution in [0.3, 0.4) is 0 Å². The van der Waals surface area contributed by atoms with Crippen LogP contribution in [0, 0.1) is 22.7 Å². The molecule has 198 valence electrons. The summed E-state index contributed by atoms with van der Waals surface area (Å²) in [5.74, 6) is 0. The highest BCUT2D eigenvalue weighted by Gasteiger charge is 2.21. The molecular formula is C39H21N3O. The summed E-state index contributed by atoms with van der Waals surface area (Å²) in [6.07, 6.45) is 0.890. The molecule has 4 heteroatoms. The lowest BCUT2D eigenvalue weighted by molar-refractivity contribution is 0.669. The predicted octanol–water partition coefficient (Wildman–Crippen LogP) is 9.66. The van der Waals surface area contributed by atoms with Gasteiger partial charge in [0.1, 0.15) is 11.2 Å². The van der Waals surface area contributed by atoms with Crippen molar-refractivity contribution in [3.8, 4) is 40.1 Å². The molecule has 6 aromatic carbocycles. The normalized spacial score (nSPS) is 12.0. The lowest BCUT2D eigenvalue weighted by Crippen LogP contribution is -1.95. The fraction of sp³-hybridized carbons (Fsp3) is 0.0256. The third-order valence-electron chi connectivity index (χ3n) is 8.87.